The zero-order valence-corrected chi connectivity index (χ0v) is 10.6. The van der Waals surface area contributed by atoms with E-state index in [9.17, 15) is 4.79 Å². The molecule has 0 saturated heterocycles. The van der Waals surface area contributed by atoms with Crippen molar-refractivity contribution in [2.45, 2.75) is 19.4 Å². The summed E-state index contributed by atoms with van der Waals surface area (Å²) in [5.74, 6) is -0.944. The quantitative estimate of drug-likeness (QED) is 0.898. The van der Waals surface area contributed by atoms with Gasteiger partial charge in [-0.2, -0.15) is 5.26 Å². The number of anilines is 1. The minimum atomic E-state index is -1.07. The van der Waals surface area contributed by atoms with Crippen LogP contribution in [0, 0.1) is 11.3 Å². The molecule has 0 fully saturated rings. The van der Waals surface area contributed by atoms with Crippen LogP contribution in [-0.4, -0.2) is 23.7 Å². The number of likely N-dealkylation sites (N-methyl/N-ethyl adjacent to an activating group) is 1. The van der Waals surface area contributed by atoms with Gasteiger partial charge in [0.05, 0.1) is 22.3 Å². The maximum Gasteiger partial charge on any atom is 0.328 e. The fourth-order valence-corrected chi connectivity index (χ4v) is 1.60. The topological polar surface area (TPSA) is 64.3 Å². The maximum absolute atomic E-state index is 11.1. The Labute approximate surface area is 105 Å². The van der Waals surface area contributed by atoms with E-state index in [4.69, 9.17) is 22.0 Å². The molecule has 0 aliphatic heterocycles. The van der Waals surface area contributed by atoms with Gasteiger partial charge in [0, 0.05) is 7.05 Å². The number of nitriles is 1. The summed E-state index contributed by atoms with van der Waals surface area (Å²) in [6, 6.07) is 6.75. The first-order valence-electron chi connectivity index (χ1n) is 4.97. The van der Waals surface area contributed by atoms with Crippen molar-refractivity contribution >= 4 is 23.3 Å². The van der Waals surface area contributed by atoms with E-state index in [0.717, 1.165) is 0 Å². The fraction of sp³-hybridized carbons (Fsp3) is 0.333. The van der Waals surface area contributed by atoms with Crippen LogP contribution in [-0.2, 0) is 4.79 Å². The number of carbonyl (C=O) groups is 1. The van der Waals surface area contributed by atoms with Crippen LogP contribution in [0.25, 0.3) is 0 Å². The summed E-state index contributed by atoms with van der Waals surface area (Å²) in [6.45, 7) is 3.17. The highest BCUT2D eigenvalue weighted by molar-refractivity contribution is 6.33. The molecule has 5 heteroatoms. The Balaban J connectivity index is 3.18. The Kier molecular flexibility index (Phi) is 3.64. The van der Waals surface area contributed by atoms with Gasteiger partial charge in [-0.05, 0) is 32.0 Å². The average molecular weight is 253 g/mol. The second-order valence-electron chi connectivity index (χ2n) is 4.20. The second-order valence-corrected chi connectivity index (χ2v) is 4.61. The predicted octanol–water partition coefficient (Wildman–Crippen LogP) is 2.51. The third-order valence-electron chi connectivity index (χ3n) is 2.80. The summed E-state index contributed by atoms with van der Waals surface area (Å²) >= 11 is 6.03. The molecule has 0 unspecified atom stereocenters. The number of benzene rings is 1. The fourth-order valence-electron chi connectivity index (χ4n) is 1.29. The van der Waals surface area contributed by atoms with Gasteiger partial charge < -0.3 is 10.0 Å². The van der Waals surface area contributed by atoms with Crippen LogP contribution in [0.4, 0.5) is 5.69 Å². The van der Waals surface area contributed by atoms with Crippen LogP contribution in [0.5, 0.6) is 0 Å². The van der Waals surface area contributed by atoms with Crippen molar-refractivity contribution in [1.29, 1.82) is 5.26 Å². The SMILES string of the molecule is CN(c1ccc(C#N)cc1Cl)C(C)(C)C(=O)O. The molecule has 1 aromatic carbocycles. The highest BCUT2D eigenvalue weighted by atomic mass is 35.5. The van der Waals surface area contributed by atoms with Crippen molar-refractivity contribution in [2.24, 2.45) is 0 Å². The molecule has 0 amide bonds. The van der Waals surface area contributed by atoms with Gasteiger partial charge in [-0.25, -0.2) is 4.79 Å². The molecular weight excluding hydrogens is 240 g/mol. The van der Waals surface area contributed by atoms with E-state index in [1.807, 2.05) is 6.07 Å². The van der Waals surface area contributed by atoms with Gasteiger partial charge >= 0.3 is 5.97 Å². The first-order chi connectivity index (χ1) is 7.80. The number of rotatable bonds is 3. The van der Waals surface area contributed by atoms with Gasteiger partial charge in [0.25, 0.3) is 0 Å². The second kappa shape index (κ2) is 4.64. The van der Waals surface area contributed by atoms with Crippen LogP contribution in [0.3, 0.4) is 0 Å². The first kappa shape index (κ1) is 13.3. The monoisotopic (exact) mass is 252 g/mol. The summed E-state index contributed by atoms with van der Waals surface area (Å²) in [6.07, 6.45) is 0. The molecule has 0 saturated carbocycles. The number of carboxylic acids is 1. The van der Waals surface area contributed by atoms with E-state index in [1.165, 1.54) is 6.07 Å². The van der Waals surface area contributed by atoms with E-state index in [1.54, 1.807) is 37.9 Å². The molecule has 0 bridgehead atoms. The summed E-state index contributed by atoms with van der Waals surface area (Å²) in [5, 5.41) is 18.2. The van der Waals surface area contributed by atoms with Crippen LogP contribution in [0.1, 0.15) is 19.4 Å². The molecule has 1 aromatic rings. The van der Waals surface area contributed by atoms with Crippen molar-refractivity contribution in [3.8, 4) is 6.07 Å². The zero-order chi connectivity index (χ0) is 13.2. The lowest BCUT2D eigenvalue weighted by Gasteiger charge is -2.34. The smallest absolute Gasteiger partial charge is 0.328 e. The predicted molar refractivity (Wildman–Crippen MR) is 66.3 cm³/mol. The standard InChI is InChI=1S/C12H13ClN2O2/c1-12(2,11(16)17)15(3)10-5-4-8(7-14)6-9(10)13/h4-6H,1-3H3,(H,16,17). The number of nitrogens with zero attached hydrogens (tertiary/aromatic N) is 2. The molecule has 0 spiro atoms. The molecule has 0 aliphatic carbocycles. The Morgan fingerprint density at radius 3 is 2.53 bits per heavy atom. The largest absolute Gasteiger partial charge is 0.480 e. The average Bonchev–Trinajstić information content (AvgIpc) is 2.27. The van der Waals surface area contributed by atoms with Gasteiger partial charge in [-0.15, -0.1) is 0 Å². The number of hydrogen-bond acceptors (Lipinski definition) is 3. The van der Waals surface area contributed by atoms with Crippen molar-refractivity contribution in [2.75, 3.05) is 11.9 Å². The van der Waals surface area contributed by atoms with Crippen LogP contribution < -0.4 is 4.90 Å². The molecule has 1 rings (SSSR count). The van der Waals surface area contributed by atoms with Crippen molar-refractivity contribution < 1.29 is 9.90 Å². The van der Waals surface area contributed by atoms with E-state index >= 15 is 0 Å². The molecule has 17 heavy (non-hydrogen) atoms. The molecule has 0 heterocycles. The van der Waals surface area contributed by atoms with E-state index in [-0.39, 0.29) is 0 Å². The van der Waals surface area contributed by atoms with Gasteiger partial charge in [0.1, 0.15) is 5.54 Å². The number of halogens is 1. The summed E-state index contributed by atoms with van der Waals surface area (Å²) in [4.78, 5) is 12.7. The maximum atomic E-state index is 11.1. The lowest BCUT2D eigenvalue weighted by Crippen LogP contribution is -2.48. The molecule has 0 aromatic heterocycles. The van der Waals surface area contributed by atoms with Crippen molar-refractivity contribution in [3.05, 3.63) is 28.8 Å². The number of carboxylic acid groups (broad SMARTS) is 1. The molecule has 4 nitrogen and oxygen atoms in total. The summed E-state index contributed by atoms with van der Waals surface area (Å²) in [7, 11) is 1.65. The summed E-state index contributed by atoms with van der Waals surface area (Å²) < 4.78 is 0. The molecule has 0 aliphatic rings. The third kappa shape index (κ3) is 2.51. The minimum absolute atomic E-state index is 0.362. The van der Waals surface area contributed by atoms with Crippen LogP contribution >= 0.6 is 11.6 Å². The van der Waals surface area contributed by atoms with E-state index in [2.05, 4.69) is 0 Å². The summed E-state index contributed by atoms with van der Waals surface area (Å²) in [5.41, 5.74) is -0.0454. The lowest BCUT2D eigenvalue weighted by atomic mass is 10.0. The zero-order valence-electron chi connectivity index (χ0n) is 9.86. The Morgan fingerprint density at radius 1 is 1.53 bits per heavy atom. The minimum Gasteiger partial charge on any atom is -0.480 e. The van der Waals surface area contributed by atoms with Gasteiger partial charge in [-0.3, -0.25) is 0 Å². The van der Waals surface area contributed by atoms with Crippen molar-refractivity contribution in [1.82, 2.24) is 0 Å². The Morgan fingerprint density at radius 2 is 2.12 bits per heavy atom. The Hall–Kier alpha value is -1.73. The molecule has 0 radical (unpaired) electrons. The van der Waals surface area contributed by atoms with Crippen LogP contribution in [0.2, 0.25) is 5.02 Å². The normalized spacial score (nSPS) is 10.8. The van der Waals surface area contributed by atoms with Crippen LogP contribution in [0.15, 0.2) is 18.2 Å². The highest BCUT2D eigenvalue weighted by Crippen LogP contribution is 2.30. The number of aliphatic carboxylic acids is 1. The molecule has 1 N–H and O–H groups in total. The molecule has 90 valence electrons. The number of hydrogen-bond donors (Lipinski definition) is 1. The third-order valence-corrected chi connectivity index (χ3v) is 3.10. The van der Waals surface area contributed by atoms with E-state index < -0.39 is 11.5 Å². The molecule has 0 atom stereocenters. The van der Waals surface area contributed by atoms with E-state index in [0.29, 0.717) is 16.3 Å². The van der Waals surface area contributed by atoms with Crippen molar-refractivity contribution in [3.63, 3.8) is 0 Å². The highest BCUT2D eigenvalue weighted by Gasteiger charge is 2.33. The Bertz CT molecular complexity index is 492. The van der Waals surface area contributed by atoms with Gasteiger partial charge in [0.15, 0.2) is 0 Å². The first-order valence-corrected chi connectivity index (χ1v) is 5.35. The molecular formula is C12H13ClN2O2. The lowest BCUT2D eigenvalue weighted by molar-refractivity contribution is -0.142. The van der Waals surface area contributed by atoms with Gasteiger partial charge in [-0.1, -0.05) is 11.6 Å². The van der Waals surface area contributed by atoms with Gasteiger partial charge in [0.2, 0.25) is 0 Å².